The zero-order chi connectivity index (χ0) is 76.8. The van der Waals surface area contributed by atoms with Gasteiger partial charge in [-0.05, 0) is 209 Å². The molecule has 6 heterocycles. The van der Waals surface area contributed by atoms with E-state index in [1.165, 1.54) is 103 Å². The number of fused-ring (bicyclic) bond motifs is 5. The lowest BCUT2D eigenvalue weighted by atomic mass is 10.1. The molecule has 105 heavy (non-hydrogen) atoms. The monoisotopic (exact) mass is 1590 g/mol. The average molecular weight is 1590 g/mol. The van der Waals surface area contributed by atoms with Crippen LogP contribution in [0.4, 0.5) is 24.5 Å². The molecular formula is C81H80BrClF3N9O5S5. The first-order chi connectivity index (χ1) is 49.9. The minimum absolute atomic E-state index is 0.229. The van der Waals surface area contributed by atoms with E-state index in [1.807, 2.05) is 50.9 Å². The summed E-state index contributed by atoms with van der Waals surface area (Å²) in [7, 11) is 10.00. The van der Waals surface area contributed by atoms with Gasteiger partial charge in [0.1, 0.15) is 37.5 Å². The van der Waals surface area contributed by atoms with Gasteiger partial charge in [-0.15, -0.1) is 56.7 Å². The van der Waals surface area contributed by atoms with Crippen LogP contribution in [0.5, 0.6) is 0 Å². The predicted octanol–water partition coefficient (Wildman–Crippen LogP) is 24.8. The summed E-state index contributed by atoms with van der Waals surface area (Å²) in [6.07, 6.45) is 0. The van der Waals surface area contributed by atoms with Crippen LogP contribution in [0.15, 0.2) is 162 Å². The molecule has 0 aliphatic rings. The second-order valence-electron chi connectivity index (χ2n) is 24.9. The Hall–Kier alpha value is -9.33. The highest BCUT2D eigenvalue weighted by molar-refractivity contribution is 9.08. The normalized spacial score (nSPS) is 10.6. The number of alkyl halides is 1. The van der Waals surface area contributed by atoms with Gasteiger partial charge < -0.3 is 14.2 Å². The Balaban J connectivity index is 0.000000161. The van der Waals surface area contributed by atoms with Crippen LogP contribution in [0.1, 0.15) is 61.2 Å². The lowest BCUT2D eigenvalue weighted by Gasteiger charge is -2.11. The summed E-state index contributed by atoms with van der Waals surface area (Å²) in [5, 5.41) is 22.5. The molecule has 544 valence electrons. The van der Waals surface area contributed by atoms with Crippen molar-refractivity contribution in [2.75, 3.05) is 57.9 Å². The van der Waals surface area contributed by atoms with E-state index in [4.69, 9.17) is 51.2 Å². The Morgan fingerprint density at radius 2 is 0.638 bits per heavy atom. The zero-order valence-electron chi connectivity index (χ0n) is 61.5. The van der Waals surface area contributed by atoms with E-state index in [0.717, 1.165) is 88.9 Å². The van der Waals surface area contributed by atoms with Gasteiger partial charge in [-0.1, -0.05) is 107 Å². The highest BCUT2D eigenvalue weighted by Gasteiger charge is 2.21. The quantitative estimate of drug-likeness (QED) is 0.0842. The minimum atomic E-state index is -0.933. The highest BCUT2D eigenvalue weighted by Crippen LogP contribution is 2.41. The van der Waals surface area contributed by atoms with Crippen LogP contribution in [-0.4, -0.2) is 82.9 Å². The molecule has 15 rings (SSSR count). The van der Waals surface area contributed by atoms with Crippen molar-refractivity contribution in [3.05, 3.63) is 262 Å². The molecule has 0 aliphatic carbocycles. The number of hydrogen-bond acceptors (Lipinski definition) is 17. The summed E-state index contributed by atoms with van der Waals surface area (Å²) < 4.78 is 52.1. The van der Waals surface area contributed by atoms with Crippen molar-refractivity contribution in [1.82, 2.24) is 24.9 Å². The van der Waals surface area contributed by atoms with Crippen LogP contribution >= 0.6 is 84.2 Å². The van der Waals surface area contributed by atoms with Crippen LogP contribution in [0, 0.1) is 114 Å². The molecule has 14 nitrogen and oxygen atoms in total. The Labute approximate surface area is 643 Å². The Kier molecular flexibility index (Phi) is 28.3. The van der Waals surface area contributed by atoms with Crippen LogP contribution in [0.2, 0.25) is 5.22 Å². The van der Waals surface area contributed by atoms with Crippen molar-refractivity contribution in [1.29, 1.82) is 0 Å². The summed E-state index contributed by atoms with van der Waals surface area (Å²) in [5.41, 5.74) is 24.0. The number of rotatable bonds is 7. The van der Waals surface area contributed by atoms with Gasteiger partial charge in [-0.25, -0.2) is 38.1 Å². The molecule has 24 heteroatoms. The standard InChI is InChI=1S/2C17H18N2S.C15H10F3NS.C15H13NS.C14H12ClNOS.CH3Br.2CH3NO2/c2*1-11-5-6-12(2)16-15(11)18-17(20-16)13-7-9-14(10-8-13)19(3)4;1-7-3-4-8(2)14-13(7)19-15(20-14)12-10(17)5-9(16)6-11(12)18;1-10-8-9-11(2)14-13(10)16-15(17-14)12-6-4-3-5-7-12;1-7-4-5-8(2)13-11(7)16-14(18-13)12-9(3)6-10(15)17-12;1-2;2*1-2(3)4/h2*5-10H,1-4H3;3-6H,1-2H3;3-9H,1-2H3;4-6H,1-3H3;1H3;2*1H3. The molecule has 15 aromatic rings. The second-order valence-corrected chi connectivity index (χ2v) is 30.3. The van der Waals surface area contributed by atoms with Gasteiger partial charge >= 0.3 is 0 Å². The molecule has 9 aromatic carbocycles. The Bertz CT molecular complexity index is 5170. The maximum absolute atomic E-state index is 13.8. The second kappa shape index (κ2) is 36.6. The van der Waals surface area contributed by atoms with Crippen LogP contribution < -0.4 is 9.80 Å². The van der Waals surface area contributed by atoms with E-state index >= 15 is 0 Å². The summed E-state index contributed by atoms with van der Waals surface area (Å²) in [6.45, 7) is 22.8. The number of nitro groups is 2. The van der Waals surface area contributed by atoms with Crippen molar-refractivity contribution < 1.29 is 27.4 Å². The lowest BCUT2D eigenvalue weighted by Crippen LogP contribution is -2.07. The summed E-state index contributed by atoms with van der Waals surface area (Å²) in [4.78, 5) is 44.2. The SMILES string of the molecule is CBr.C[N+](=O)[O-].C[N+](=O)[O-].Cc1cc(Cl)oc1-c1nc2c(C)ccc(C)c2s1.Cc1ccc(C)c2sc(-c3c(F)cc(F)cc3F)nc12.Cc1ccc(C)c2sc(-c3ccc(N(C)C)cc3)nc12.Cc1ccc(C)c2sc(-c3ccc(N(C)C)cc3)nc12.Cc1ccc(C)c2sc(-c3ccccc3)nc12. The molecular weight excluding hydrogens is 1510 g/mol. The minimum Gasteiger partial charge on any atom is -0.442 e. The molecule has 0 spiro atoms. The molecule has 6 aromatic heterocycles. The third-order valence-electron chi connectivity index (χ3n) is 16.3. The van der Waals surface area contributed by atoms with Gasteiger partial charge in [0.05, 0.1) is 56.6 Å². The fourth-order valence-electron chi connectivity index (χ4n) is 10.7. The molecule has 0 atom stereocenters. The zero-order valence-corrected chi connectivity index (χ0v) is 67.9. The molecule has 0 N–H and O–H groups in total. The van der Waals surface area contributed by atoms with E-state index < -0.39 is 27.3 Å². The van der Waals surface area contributed by atoms with Gasteiger partial charge in [-0.2, -0.15) is 0 Å². The topological polar surface area (TPSA) is 170 Å². The molecule has 0 fully saturated rings. The summed E-state index contributed by atoms with van der Waals surface area (Å²) >= 11 is 17.0. The Morgan fingerprint density at radius 3 is 0.914 bits per heavy atom. The van der Waals surface area contributed by atoms with E-state index in [9.17, 15) is 13.2 Å². The number of nitrogens with zero attached hydrogens (tertiary/aromatic N) is 9. The van der Waals surface area contributed by atoms with Gasteiger partial charge in [0.25, 0.3) is 0 Å². The predicted molar refractivity (Wildman–Crippen MR) is 444 cm³/mol. The number of halogens is 5. The maximum atomic E-state index is 13.8. The summed E-state index contributed by atoms with van der Waals surface area (Å²) in [6, 6.07) is 51.7. The van der Waals surface area contributed by atoms with Crippen molar-refractivity contribution in [3.63, 3.8) is 0 Å². The number of aryl methyl sites for hydroxylation is 11. The largest absolute Gasteiger partial charge is 0.442 e. The average Bonchev–Trinajstić information content (AvgIpc) is 1.67. The number of furan rings is 1. The molecule has 0 saturated heterocycles. The van der Waals surface area contributed by atoms with E-state index in [0.29, 0.717) is 17.4 Å². The number of aromatic nitrogens is 5. The molecule has 0 saturated carbocycles. The smallest absolute Gasteiger partial charge is 0.194 e. The fraction of sp³-hybridized carbons (Fsp3) is 0.222. The Morgan fingerprint density at radius 1 is 0.381 bits per heavy atom. The first kappa shape index (κ1) is 81.3. The van der Waals surface area contributed by atoms with Gasteiger partial charge in [0, 0.05) is 78.2 Å². The first-order valence-electron chi connectivity index (χ1n) is 32.8. The fourth-order valence-corrected chi connectivity index (χ4v) is 16.6. The number of benzene rings is 9. The van der Waals surface area contributed by atoms with Crippen molar-refractivity contribution in [2.24, 2.45) is 0 Å². The molecule has 0 unspecified atom stereocenters. The van der Waals surface area contributed by atoms with Crippen molar-refractivity contribution in [2.45, 2.75) is 76.2 Å². The highest BCUT2D eigenvalue weighted by atomic mass is 79.9. The van der Waals surface area contributed by atoms with Gasteiger partial charge in [-0.3, -0.25) is 20.2 Å². The third-order valence-corrected chi connectivity index (χ3v) is 22.6. The number of thiazole rings is 5. The van der Waals surface area contributed by atoms with E-state index in [-0.39, 0.29) is 10.6 Å². The number of hydrogen-bond donors (Lipinski definition) is 0. The lowest BCUT2D eigenvalue weighted by molar-refractivity contribution is -0.445. The molecule has 0 amide bonds. The van der Waals surface area contributed by atoms with Gasteiger partial charge in [0.15, 0.2) is 30.1 Å². The first-order valence-corrected chi connectivity index (χ1v) is 38.8. The van der Waals surface area contributed by atoms with Crippen molar-refractivity contribution in [3.8, 4) is 53.1 Å². The van der Waals surface area contributed by atoms with Crippen LogP contribution in [0.3, 0.4) is 0 Å². The van der Waals surface area contributed by atoms with E-state index in [2.05, 4.69) is 241 Å². The van der Waals surface area contributed by atoms with Crippen molar-refractivity contribution >= 4 is 147 Å². The molecule has 0 aliphatic heterocycles. The third kappa shape index (κ3) is 20.4. The van der Waals surface area contributed by atoms with Gasteiger partial charge in [0.2, 0.25) is 0 Å². The maximum Gasteiger partial charge on any atom is 0.194 e. The van der Waals surface area contributed by atoms with Crippen LogP contribution in [-0.2, 0) is 0 Å². The molecule has 0 bridgehead atoms. The van der Waals surface area contributed by atoms with Crippen LogP contribution in [0.25, 0.3) is 104 Å². The molecule has 0 radical (unpaired) electrons. The number of anilines is 2. The summed E-state index contributed by atoms with van der Waals surface area (Å²) in [5.74, 6) is -0.210. The van der Waals surface area contributed by atoms with E-state index in [1.54, 1.807) is 45.3 Å².